The van der Waals surface area contributed by atoms with Crippen LogP contribution >= 0.6 is 0 Å². The zero-order valence-electron chi connectivity index (χ0n) is 15.8. The van der Waals surface area contributed by atoms with Crippen LogP contribution in [0.4, 0.5) is 4.79 Å². The summed E-state index contributed by atoms with van der Waals surface area (Å²) < 4.78 is 38.6. The third-order valence-electron chi connectivity index (χ3n) is 4.67. The minimum absolute atomic E-state index is 0.0727. The Morgan fingerprint density at radius 1 is 1.38 bits per heavy atom. The Balaban J connectivity index is 2.52. The monoisotopic (exact) mass is 381 g/mol. The second-order valence-electron chi connectivity index (χ2n) is 7.84. The second kappa shape index (κ2) is 7.71. The SMILES string of the molecule is CC(CCCO[Si](C)(C)C(C)(C)C)N1C(=O)OCC1OS(C)(=O)=O. The van der Waals surface area contributed by atoms with Crippen LogP contribution in [0.2, 0.25) is 18.1 Å². The van der Waals surface area contributed by atoms with Gasteiger partial charge in [0.25, 0.3) is 10.1 Å². The largest absolute Gasteiger partial charge is 0.444 e. The van der Waals surface area contributed by atoms with Crippen molar-refractivity contribution in [3.05, 3.63) is 0 Å². The summed E-state index contributed by atoms with van der Waals surface area (Å²) in [6, 6.07) is -0.185. The minimum atomic E-state index is -3.65. The van der Waals surface area contributed by atoms with Crippen LogP contribution in [0.5, 0.6) is 0 Å². The maximum atomic E-state index is 11.8. The van der Waals surface area contributed by atoms with Gasteiger partial charge in [0.15, 0.2) is 14.5 Å². The Labute approximate surface area is 146 Å². The van der Waals surface area contributed by atoms with Crippen molar-refractivity contribution in [1.29, 1.82) is 0 Å². The van der Waals surface area contributed by atoms with Crippen molar-refractivity contribution in [2.45, 2.75) is 70.9 Å². The van der Waals surface area contributed by atoms with E-state index >= 15 is 0 Å². The molecule has 24 heavy (non-hydrogen) atoms. The molecule has 0 N–H and O–H groups in total. The van der Waals surface area contributed by atoms with E-state index < -0.39 is 30.8 Å². The van der Waals surface area contributed by atoms with E-state index in [1.165, 1.54) is 4.90 Å². The third-order valence-corrected chi connectivity index (χ3v) is 9.78. The summed E-state index contributed by atoms with van der Waals surface area (Å²) in [4.78, 5) is 13.2. The molecular formula is C15H31NO6SSi. The number of carbonyl (C=O) groups excluding carboxylic acids is 1. The van der Waals surface area contributed by atoms with Gasteiger partial charge in [0, 0.05) is 12.6 Å². The van der Waals surface area contributed by atoms with Gasteiger partial charge in [0.2, 0.25) is 0 Å². The predicted molar refractivity (Wildman–Crippen MR) is 94.7 cm³/mol. The van der Waals surface area contributed by atoms with Crippen LogP contribution < -0.4 is 0 Å². The maximum absolute atomic E-state index is 11.8. The standard InChI is InChI=1S/C15H31NO6SSi/c1-12(9-8-10-21-24(6,7)15(2,3)4)16-13(11-20-14(16)17)22-23(5,18)19/h12-13H,8-11H2,1-7H3. The number of ether oxygens (including phenoxy) is 1. The van der Waals surface area contributed by atoms with Gasteiger partial charge in [-0.25, -0.2) is 8.98 Å². The minimum Gasteiger partial charge on any atom is -0.444 e. The van der Waals surface area contributed by atoms with Gasteiger partial charge in [-0.15, -0.1) is 0 Å². The molecule has 2 unspecified atom stereocenters. The molecule has 1 amide bonds. The van der Waals surface area contributed by atoms with Gasteiger partial charge in [0.05, 0.1) is 6.26 Å². The van der Waals surface area contributed by atoms with Crippen molar-refractivity contribution >= 4 is 24.5 Å². The Kier molecular flexibility index (Phi) is 6.88. The van der Waals surface area contributed by atoms with Crippen LogP contribution in [0.25, 0.3) is 0 Å². The molecule has 142 valence electrons. The molecule has 1 aliphatic heterocycles. The van der Waals surface area contributed by atoms with Gasteiger partial charge >= 0.3 is 6.09 Å². The molecule has 1 heterocycles. The molecule has 0 saturated carbocycles. The smallest absolute Gasteiger partial charge is 0.412 e. The van der Waals surface area contributed by atoms with Crippen molar-refractivity contribution in [1.82, 2.24) is 4.90 Å². The first kappa shape index (κ1) is 21.4. The van der Waals surface area contributed by atoms with Crippen molar-refractivity contribution in [3.63, 3.8) is 0 Å². The topological polar surface area (TPSA) is 82.1 Å². The quantitative estimate of drug-likeness (QED) is 0.365. The van der Waals surface area contributed by atoms with Gasteiger partial charge in [-0.05, 0) is 37.9 Å². The number of carbonyl (C=O) groups is 1. The highest BCUT2D eigenvalue weighted by Crippen LogP contribution is 2.36. The normalized spacial score (nSPS) is 21.0. The van der Waals surface area contributed by atoms with Crippen molar-refractivity contribution < 1.29 is 26.6 Å². The molecule has 0 aromatic heterocycles. The van der Waals surface area contributed by atoms with E-state index in [4.69, 9.17) is 13.3 Å². The van der Waals surface area contributed by atoms with Gasteiger partial charge in [-0.3, -0.25) is 4.90 Å². The van der Waals surface area contributed by atoms with E-state index in [1.54, 1.807) is 0 Å². The molecule has 0 bridgehead atoms. The van der Waals surface area contributed by atoms with Crippen LogP contribution in [0, 0.1) is 0 Å². The Hall–Kier alpha value is -0.643. The van der Waals surface area contributed by atoms with Gasteiger partial charge < -0.3 is 9.16 Å². The summed E-state index contributed by atoms with van der Waals surface area (Å²) in [7, 11) is -5.43. The first-order valence-electron chi connectivity index (χ1n) is 8.22. The molecule has 1 rings (SSSR count). The van der Waals surface area contributed by atoms with Gasteiger partial charge in [-0.2, -0.15) is 8.42 Å². The van der Waals surface area contributed by atoms with Gasteiger partial charge in [-0.1, -0.05) is 20.8 Å². The highest BCUT2D eigenvalue weighted by Gasteiger charge is 2.39. The number of amides is 1. The van der Waals surface area contributed by atoms with Crippen molar-refractivity contribution in [3.8, 4) is 0 Å². The summed E-state index contributed by atoms with van der Waals surface area (Å²) in [5, 5.41) is 0.159. The fraction of sp³-hybridized carbons (Fsp3) is 0.933. The summed E-state index contributed by atoms with van der Waals surface area (Å²) in [5.74, 6) is 0. The fourth-order valence-electron chi connectivity index (χ4n) is 2.22. The molecule has 0 aromatic carbocycles. The molecule has 0 radical (unpaired) electrons. The molecule has 1 aliphatic rings. The molecule has 2 atom stereocenters. The average molecular weight is 382 g/mol. The fourth-order valence-corrected chi connectivity index (χ4v) is 3.86. The summed E-state index contributed by atoms with van der Waals surface area (Å²) in [6.07, 6.45) is 1.01. The Bertz CT molecular complexity index is 543. The number of hydrogen-bond acceptors (Lipinski definition) is 6. The Morgan fingerprint density at radius 3 is 2.46 bits per heavy atom. The Morgan fingerprint density at radius 2 is 1.96 bits per heavy atom. The summed E-state index contributed by atoms with van der Waals surface area (Å²) >= 11 is 0. The lowest BCUT2D eigenvalue weighted by molar-refractivity contribution is 0.0626. The van der Waals surface area contributed by atoms with E-state index in [1.807, 2.05) is 6.92 Å². The van der Waals surface area contributed by atoms with Crippen molar-refractivity contribution in [2.24, 2.45) is 0 Å². The lowest BCUT2D eigenvalue weighted by atomic mass is 10.1. The van der Waals surface area contributed by atoms with Crippen LogP contribution in [0.15, 0.2) is 0 Å². The summed E-state index contributed by atoms with van der Waals surface area (Å²) in [5.41, 5.74) is 0. The molecule has 1 fully saturated rings. The lowest BCUT2D eigenvalue weighted by Gasteiger charge is -2.36. The first-order chi connectivity index (χ1) is 10.7. The van der Waals surface area contributed by atoms with E-state index in [2.05, 4.69) is 33.9 Å². The number of nitrogens with zero attached hydrogens (tertiary/aromatic N) is 1. The van der Waals surface area contributed by atoms with Crippen LogP contribution in [0.1, 0.15) is 40.5 Å². The molecule has 0 aliphatic carbocycles. The van der Waals surface area contributed by atoms with E-state index in [9.17, 15) is 13.2 Å². The molecule has 9 heteroatoms. The summed E-state index contributed by atoms with van der Waals surface area (Å²) in [6.45, 7) is 13.4. The predicted octanol–water partition coefficient (Wildman–Crippen LogP) is 2.93. The van der Waals surface area contributed by atoms with E-state index in [0.717, 1.165) is 12.7 Å². The molecule has 0 spiro atoms. The van der Waals surface area contributed by atoms with Gasteiger partial charge in [0.1, 0.15) is 6.61 Å². The first-order valence-corrected chi connectivity index (χ1v) is 12.9. The average Bonchev–Trinajstić information content (AvgIpc) is 2.72. The highest BCUT2D eigenvalue weighted by atomic mass is 32.2. The van der Waals surface area contributed by atoms with Crippen LogP contribution in [0.3, 0.4) is 0 Å². The van der Waals surface area contributed by atoms with E-state index in [0.29, 0.717) is 13.0 Å². The molecule has 0 aromatic rings. The maximum Gasteiger partial charge on any atom is 0.412 e. The molecular weight excluding hydrogens is 350 g/mol. The van der Waals surface area contributed by atoms with Crippen molar-refractivity contribution in [2.75, 3.05) is 19.5 Å². The zero-order chi connectivity index (χ0) is 18.8. The molecule has 1 saturated heterocycles. The lowest BCUT2D eigenvalue weighted by Crippen LogP contribution is -2.43. The number of cyclic esters (lactones) is 1. The highest BCUT2D eigenvalue weighted by molar-refractivity contribution is 7.86. The number of hydrogen-bond donors (Lipinski definition) is 0. The van der Waals surface area contributed by atoms with E-state index in [-0.39, 0.29) is 17.7 Å². The van der Waals surface area contributed by atoms with Crippen LogP contribution in [-0.2, 0) is 23.5 Å². The molecule has 7 nitrogen and oxygen atoms in total. The van der Waals surface area contributed by atoms with Crippen LogP contribution in [-0.4, -0.2) is 59.5 Å². The second-order valence-corrected chi connectivity index (χ2v) is 14.2. The zero-order valence-corrected chi connectivity index (χ0v) is 17.6. The number of rotatable bonds is 8. The third kappa shape index (κ3) is 6.02.